The first kappa shape index (κ1) is 13.1. The number of aryl methyl sites for hydroxylation is 3. The zero-order valence-electron chi connectivity index (χ0n) is 10.3. The standard InChI is InChI=1S/C13H19F2N/c1-5-16-12(13(14)15)11-7-9(3)8(2)6-10(11)4/h6-7,12-13,16H,5H2,1-4H3. The molecular weight excluding hydrogens is 208 g/mol. The van der Waals surface area contributed by atoms with Gasteiger partial charge in [-0.25, -0.2) is 8.78 Å². The molecule has 1 unspecified atom stereocenters. The minimum atomic E-state index is -2.37. The first-order valence-corrected chi connectivity index (χ1v) is 5.56. The second-order valence-electron chi connectivity index (χ2n) is 4.16. The van der Waals surface area contributed by atoms with Crippen molar-refractivity contribution < 1.29 is 8.78 Å². The van der Waals surface area contributed by atoms with Crippen LogP contribution in [-0.4, -0.2) is 13.0 Å². The van der Waals surface area contributed by atoms with Gasteiger partial charge in [-0.15, -0.1) is 0 Å². The Balaban J connectivity index is 3.13. The minimum absolute atomic E-state index is 0.543. The highest BCUT2D eigenvalue weighted by atomic mass is 19.3. The number of halogens is 2. The van der Waals surface area contributed by atoms with Gasteiger partial charge in [0, 0.05) is 0 Å². The fourth-order valence-electron chi connectivity index (χ4n) is 1.87. The van der Waals surface area contributed by atoms with Gasteiger partial charge in [-0.1, -0.05) is 19.1 Å². The van der Waals surface area contributed by atoms with Gasteiger partial charge in [-0.05, 0) is 49.6 Å². The van der Waals surface area contributed by atoms with Crippen LogP contribution in [0.2, 0.25) is 0 Å². The molecule has 0 spiro atoms. The molecule has 0 heterocycles. The van der Waals surface area contributed by atoms with E-state index in [-0.39, 0.29) is 0 Å². The third-order valence-electron chi connectivity index (χ3n) is 2.89. The molecule has 1 aromatic carbocycles. The third kappa shape index (κ3) is 2.79. The lowest BCUT2D eigenvalue weighted by Gasteiger charge is -2.20. The van der Waals surface area contributed by atoms with Gasteiger partial charge in [0.2, 0.25) is 0 Å². The van der Waals surface area contributed by atoms with Crippen molar-refractivity contribution in [2.75, 3.05) is 6.54 Å². The van der Waals surface area contributed by atoms with Crippen LogP contribution in [0.1, 0.15) is 35.2 Å². The van der Waals surface area contributed by atoms with Crippen LogP contribution >= 0.6 is 0 Å². The van der Waals surface area contributed by atoms with Gasteiger partial charge in [0.25, 0.3) is 6.43 Å². The first-order valence-electron chi connectivity index (χ1n) is 5.56. The number of nitrogens with one attached hydrogen (secondary N) is 1. The molecule has 1 atom stereocenters. The maximum atomic E-state index is 12.9. The van der Waals surface area contributed by atoms with E-state index < -0.39 is 12.5 Å². The van der Waals surface area contributed by atoms with Crippen molar-refractivity contribution in [1.82, 2.24) is 5.32 Å². The smallest absolute Gasteiger partial charge is 0.257 e. The maximum Gasteiger partial charge on any atom is 0.257 e. The average molecular weight is 227 g/mol. The van der Waals surface area contributed by atoms with Crippen LogP contribution in [-0.2, 0) is 0 Å². The molecule has 0 aromatic heterocycles. The molecule has 0 bridgehead atoms. The first-order chi connectivity index (χ1) is 7.47. The summed E-state index contributed by atoms with van der Waals surface area (Å²) in [4.78, 5) is 0. The summed E-state index contributed by atoms with van der Waals surface area (Å²) < 4.78 is 25.8. The summed E-state index contributed by atoms with van der Waals surface area (Å²) in [5, 5.41) is 2.84. The van der Waals surface area contributed by atoms with Crippen LogP contribution < -0.4 is 5.32 Å². The molecular formula is C13H19F2N. The van der Waals surface area contributed by atoms with E-state index in [0.29, 0.717) is 12.1 Å². The van der Waals surface area contributed by atoms with Gasteiger partial charge < -0.3 is 5.32 Å². The Morgan fingerprint density at radius 2 is 1.62 bits per heavy atom. The molecule has 1 nitrogen and oxygen atoms in total. The highest BCUT2D eigenvalue weighted by Gasteiger charge is 2.23. The number of rotatable bonds is 4. The van der Waals surface area contributed by atoms with Crippen molar-refractivity contribution in [3.05, 3.63) is 34.4 Å². The zero-order valence-corrected chi connectivity index (χ0v) is 10.3. The lowest BCUT2D eigenvalue weighted by Crippen LogP contribution is -2.27. The molecule has 1 aromatic rings. The van der Waals surface area contributed by atoms with Crippen LogP contribution in [0.3, 0.4) is 0 Å². The van der Waals surface area contributed by atoms with Crippen molar-refractivity contribution in [1.29, 1.82) is 0 Å². The summed E-state index contributed by atoms with van der Waals surface area (Å²) in [5.41, 5.74) is 3.84. The fourth-order valence-corrected chi connectivity index (χ4v) is 1.87. The molecule has 0 aliphatic carbocycles. The van der Waals surface area contributed by atoms with Gasteiger partial charge >= 0.3 is 0 Å². The van der Waals surface area contributed by atoms with Gasteiger partial charge in [0.15, 0.2) is 0 Å². The monoisotopic (exact) mass is 227 g/mol. The third-order valence-corrected chi connectivity index (χ3v) is 2.89. The molecule has 3 heteroatoms. The molecule has 0 aliphatic heterocycles. The van der Waals surface area contributed by atoms with Crippen molar-refractivity contribution in [3.8, 4) is 0 Å². The second-order valence-corrected chi connectivity index (χ2v) is 4.16. The Kier molecular flexibility index (Phi) is 4.42. The van der Waals surface area contributed by atoms with Crippen LogP contribution in [0.4, 0.5) is 8.78 Å². The van der Waals surface area contributed by atoms with E-state index in [4.69, 9.17) is 0 Å². The molecule has 0 fully saturated rings. The summed E-state index contributed by atoms with van der Waals surface area (Å²) in [6.45, 7) is 8.21. The SMILES string of the molecule is CCNC(c1cc(C)c(C)cc1C)C(F)F. The summed E-state index contributed by atoms with van der Waals surface area (Å²) >= 11 is 0. The Bertz CT molecular complexity index is 361. The molecule has 0 amide bonds. The van der Waals surface area contributed by atoms with Crippen LogP contribution in [0, 0.1) is 20.8 Å². The highest BCUT2D eigenvalue weighted by molar-refractivity contribution is 5.38. The Hall–Kier alpha value is -0.960. The Morgan fingerprint density at radius 1 is 1.06 bits per heavy atom. The molecule has 1 rings (SSSR count). The van der Waals surface area contributed by atoms with E-state index in [1.807, 2.05) is 39.8 Å². The summed E-state index contributed by atoms with van der Waals surface area (Å²) in [6.07, 6.45) is -2.37. The maximum absolute atomic E-state index is 12.9. The molecule has 0 saturated heterocycles. The lowest BCUT2D eigenvalue weighted by molar-refractivity contribution is 0.0990. The van der Waals surface area contributed by atoms with Gasteiger partial charge in [0.1, 0.15) is 0 Å². The Morgan fingerprint density at radius 3 is 2.12 bits per heavy atom. The van der Waals surface area contributed by atoms with E-state index in [1.165, 1.54) is 0 Å². The minimum Gasteiger partial charge on any atom is -0.305 e. The molecule has 0 saturated carbocycles. The number of hydrogen-bond acceptors (Lipinski definition) is 1. The van der Waals surface area contributed by atoms with E-state index in [1.54, 1.807) is 0 Å². The molecule has 0 aliphatic rings. The van der Waals surface area contributed by atoms with Crippen molar-refractivity contribution >= 4 is 0 Å². The van der Waals surface area contributed by atoms with Crippen molar-refractivity contribution in [2.45, 2.75) is 40.2 Å². The predicted molar refractivity (Wildman–Crippen MR) is 63.1 cm³/mol. The van der Waals surface area contributed by atoms with E-state index >= 15 is 0 Å². The topological polar surface area (TPSA) is 12.0 Å². The average Bonchev–Trinajstić information content (AvgIpc) is 2.20. The molecule has 0 radical (unpaired) electrons. The second kappa shape index (κ2) is 5.39. The molecule has 90 valence electrons. The highest BCUT2D eigenvalue weighted by Crippen LogP contribution is 2.26. The van der Waals surface area contributed by atoms with Crippen molar-refractivity contribution in [3.63, 3.8) is 0 Å². The number of benzene rings is 1. The van der Waals surface area contributed by atoms with Crippen LogP contribution in [0.25, 0.3) is 0 Å². The van der Waals surface area contributed by atoms with Gasteiger partial charge in [0.05, 0.1) is 6.04 Å². The number of hydrogen-bond donors (Lipinski definition) is 1. The fraction of sp³-hybridized carbons (Fsp3) is 0.538. The largest absolute Gasteiger partial charge is 0.305 e. The van der Waals surface area contributed by atoms with E-state index in [9.17, 15) is 8.78 Å². The normalized spacial score (nSPS) is 13.2. The Labute approximate surface area is 95.9 Å². The lowest BCUT2D eigenvalue weighted by atomic mass is 9.96. The van der Waals surface area contributed by atoms with E-state index in [2.05, 4.69) is 5.32 Å². The quantitative estimate of drug-likeness (QED) is 0.829. The van der Waals surface area contributed by atoms with Crippen LogP contribution in [0.5, 0.6) is 0 Å². The zero-order chi connectivity index (χ0) is 12.3. The predicted octanol–water partition coefficient (Wildman–Crippen LogP) is 3.53. The van der Waals surface area contributed by atoms with E-state index in [0.717, 1.165) is 16.7 Å². The molecule has 16 heavy (non-hydrogen) atoms. The van der Waals surface area contributed by atoms with Crippen molar-refractivity contribution in [2.24, 2.45) is 0 Å². The molecule has 1 N–H and O–H groups in total. The summed E-state index contributed by atoms with van der Waals surface area (Å²) in [7, 11) is 0. The van der Waals surface area contributed by atoms with Gasteiger partial charge in [-0.2, -0.15) is 0 Å². The summed E-state index contributed by atoms with van der Waals surface area (Å²) in [5.74, 6) is 0. The van der Waals surface area contributed by atoms with Crippen LogP contribution in [0.15, 0.2) is 12.1 Å². The summed E-state index contributed by atoms with van der Waals surface area (Å²) in [6, 6.07) is 2.98. The number of alkyl halides is 2. The van der Waals surface area contributed by atoms with Gasteiger partial charge in [-0.3, -0.25) is 0 Å².